The highest BCUT2D eigenvalue weighted by Gasteiger charge is 2.14. The van der Waals surface area contributed by atoms with E-state index in [0.717, 1.165) is 12.8 Å². The van der Waals surface area contributed by atoms with E-state index in [-0.39, 0.29) is 0 Å². The van der Waals surface area contributed by atoms with Crippen LogP contribution >= 0.6 is 0 Å². The summed E-state index contributed by atoms with van der Waals surface area (Å²) in [5.41, 5.74) is 1.24. The minimum absolute atomic E-state index is 0.519. The molecule has 2 atom stereocenters. The van der Waals surface area contributed by atoms with Crippen molar-refractivity contribution in [1.29, 1.82) is 0 Å². The number of rotatable bonds is 4. The number of hydrogen-bond acceptors (Lipinski definition) is 2. The van der Waals surface area contributed by atoms with Crippen LogP contribution in [0.1, 0.15) is 57.7 Å². The molecule has 17 heavy (non-hydrogen) atoms. The largest absolute Gasteiger partial charge is 0.314 e. The molecule has 3 nitrogen and oxygen atoms in total. The molecule has 2 heterocycles. The third-order valence-electron chi connectivity index (χ3n) is 3.82. The maximum Gasteiger partial charge on any atom is 0.0640 e. The standard InChI is InChI=1S/C14H25N3/c1-3-12(2)17-10-8-14(16-17)11-13-7-5-4-6-9-15-13/h8,10,12-13,15H,3-7,9,11H2,1-2H3. The molecule has 2 unspecified atom stereocenters. The van der Waals surface area contributed by atoms with Crippen LogP contribution in [0.5, 0.6) is 0 Å². The van der Waals surface area contributed by atoms with Crippen LogP contribution in [-0.4, -0.2) is 22.4 Å². The molecule has 96 valence electrons. The van der Waals surface area contributed by atoms with Crippen molar-refractivity contribution in [3.05, 3.63) is 18.0 Å². The van der Waals surface area contributed by atoms with E-state index < -0.39 is 0 Å². The first-order valence-corrected chi connectivity index (χ1v) is 7.07. The summed E-state index contributed by atoms with van der Waals surface area (Å²) >= 11 is 0. The summed E-state index contributed by atoms with van der Waals surface area (Å²) < 4.78 is 2.10. The third-order valence-corrected chi connectivity index (χ3v) is 3.82. The van der Waals surface area contributed by atoms with Crippen LogP contribution < -0.4 is 5.32 Å². The van der Waals surface area contributed by atoms with Crippen molar-refractivity contribution in [2.45, 2.75) is 64.5 Å². The molecule has 1 aromatic heterocycles. The van der Waals surface area contributed by atoms with Crippen LogP contribution in [0, 0.1) is 0 Å². The lowest BCUT2D eigenvalue weighted by Gasteiger charge is -2.14. The highest BCUT2D eigenvalue weighted by Crippen LogP contribution is 2.14. The van der Waals surface area contributed by atoms with Crippen LogP contribution in [0.15, 0.2) is 12.3 Å². The zero-order valence-corrected chi connectivity index (χ0v) is 11.2. The van der Waals surface area contributed by atoms with Gasteiger partial charge in [0.2, 0.25) is 0 Å². The van der Waals surface area contributed by atoms with Crippen LogP contribution in [-0.2, 0) is 6.42 Å². The maximum atomic E-state index is 4.68. The van der Waals surface area contributed by atoms with E-state index in [1.807, 2.05) is 0 Å². The molecule has 1 aromatic rings. The van der Waals surface area contributed by atoms with Gasteiger partial charge >= 0.3 is 0 Å². The highest BCUT2D eigenvalue weighted by atomic mass is 15.3. The van der Waals surface area contributed by atoms with Crippen LogP contribution in [0.25, 0.3) is 0 Å². The predicted molar refractivity (Wildman–Crippen MR) is 71.2 cm³/mol. The van der Waals surface area contributed by atoms with Gasteiger partial charge in [0.15, 0.2) is 0 Å². The molecular formula is C14H25N3. The third kappa shape index (κ3) is 3.56. The predicted octanol–water partition coefficient (Wildman–Crippen LogP) is 2.93. The second-order valence-electron chi connectivity index (χ2n) is 5.25. The summed E-state index contributed by atoms with van der Waals surface area (Å²) in [5.74, 6) is 0. The Labute approximate surface area is 105 Å². The Balaban J connectivity index is 1.91. The van der Waals surface area contributed by atoms with Crippen molar-refractivity contribution < 1.29 is 0 Å². The van der Waals surface area contributed by atoms with E-state index in [9.17, 15) is 0 Å². The Morgan fingerprint density at radius 3 is 3.18 bits per heavy atom. The summed E-state index contributed by atoms with van der Waals surface area (Å²) in [5, 5.41) is 8.32. The van der Waals surface area contributed by atoms with Gasteiger partial charge in [-0.3, -0.25) is 4.68 Å². The minimum Gasteiger partial charge on any atom is -0.314 e. The summed E-state index contributed by atoms with van der Waals surface area (Å²) in [6, 6.07) is 3.34. The molecule has 2 rings (SSSR count). The van der Waals surface area contributed by atoms with Crippen molar-refractivity contribution in [3.63, 3.8) is 0 Å². The van der Waals surface area contributed by atoms with E-state index in [1.54, 1.807) is 0 Å². The Morgan fingerprint density at radius 1 is 1.47 bits per heavy atom. The Hall–Kier alpha value is -0.830. The maximum absolute atomic E-state index is 4.68. The summed E-state index contributed by atoms with van der Waals surface area (Å²) in [4.78, 5) is 0. The van der Waals surface area contributed by atoms with Crippen LogP contribution in [0.4, 0.5) is 0 Å². The number of nitrogens with zero attached hydrogens (tertiary/aromatic N) is 2. The first-order chi connectivity index (χ1) is 8.29. The average molecular weight is 235 g/mol. The molecule has 1 fully saturated rings. The zero-order chi connectivity index (χ0) is 12.1. The van der Waals surface area contributed by atoms with Crippen molar-refractivity contribution in [2.24, 2.45) is 0 Å². The van der Waals surface area contributed by atoms with Gasteiger partial charge in [-0.25, -0.2) is 0 Å². The first kappa shape index (κ1) is 12.6. The van der Waals surface area contributed by atoms with E-state index in [2.05, 4.69) is 41.2 Å². The number of aromatic nitrogens is 2. The van der Waals surface area contributed by atoms with Crippen molar-refractivity contribution in [2.75, 3.05) is 6.54 Å². The molecule has 0 bridgehead atoms. The molecule has 0 aromatic carbocycles. The monoisotopic (exact) mass is 235 g/mol. The lowest BCUT2D eigenvalue weighted by molar-refractivity contribution is 0.461. The van der Waals surface area contributed by atoms with Gasteiger partial charge in [0.1, 0.15) is 0 Å². The highest BCUT2D eigenvalue weighted by molar-refractivity contribution is 5.02. The van der Waals surface area contributed by atoms with Crippen molar-refractivity contribution >= 4 is 0 Å². The van der Waals surface area contributed by atoms with Gasteiger partial charge in [-0.15, -0.1) is 0 Å². The van der Waals surface area contributed by atoms with Gasteiger partial charge in [-0.05, 0) is 38.8 Å². The van der Waals surface area contributed by atoms with Crippen molar-refractivity contribution in [3.8, 4) is 0 Å². The van der Waals surface area contributed by atoms with Gasteiger partial charge < -0.3 is 5.32 Å². The normalized spacial score (nSPS) is 23.3. The van der Waals surface area contributed by atoms with Gasteiger partial charge in [0.25, 0.3) is 0 Å². The molecule has 0 aliphatic carbocycles. The summed E-state index contributed by atoms with van der Waals surface area (Å²) in [6.45, 7) is 5.61. The Bertz CT molecular complexity index is 324. The second-order valence-corrected chi connectivity index (χ2v) is 5.25. The van der Waals surface area contributed by atoms with Gasteiger partial charge in [-0.2, -0.15) is 5.10 Å². The molecule has 0 saturated carbocycles. The van der Waals surface area contributed by atoms with E-state index in [4.69, 9.17) is 0 Å². The lowest BCUT2D eigenvalue weighted by Crippen LogP contribution is -2.30. The van der Waals surface area contributed by atoms with Crippen LogP contribution in [0.2, 0.25) is 0 Å². The minimum atomic E-state index is 0.519. The Morgan fingerprint density at radius 2 is 2.35 bits per heavy atom. The molecule has 1 N–H and O–H groups in total. The molecule has 1 aliphatic heterocycles. The quantitative estimate of drug-likeness (QED) is 0.869. The smallest absolute Gasteiger partial charge is 0.0640 e. The van der Waals surface area contributed by atoms with Gasteiger partial charge in [-0.1, -0.05) is 19.8 Å². The molecule has 0 amide bonds. The van der Waals surface area contributed by atoms with Crippen LogP contribution in [0.3, 0.4) is 0 Å². The second kappa shape index (κ2) is 6.20. The number of nitrogens with one attached hydrogen (secondary N) is 1. The first-order valence-electron chi connectivity index (χ1n) is 7.07. The number of hydrogen-bond donors (Lipinski definition) is 1. The summed E-state index contributed by atoms with van der Waals surface area (Å²) in [7, 11) is 0. The van der Waals surface area contributed by atoms with Gasteiger partial charge in [0, 0.05) is 24.7 Å². The molecule has 1 saturated heterocycles. The SMILES string of the molecule is CCC(C)n1ccc(CC2CCCCCN2)n1. The Kier molecular flexibility index (Phi) is 4.60. The fourth-order valence-electron chi connectivity index (χ4n) is 2.45. The molecule has 0 spiro atoms. The van der Waals surface area contributed by atoms with Gasteiger partial charge in [0.05, 0.1) is 5.69 Å². The fourth-order valence-corrected chi connectivity index (χ4v) is 2.45. The molecule has 0 radical (unpaired) electrons. The lowest BCUT2D eigenvalue weighted by atomic mass is 10.1. The zero-order valence-electron chi connectivity index (χ0n) is 11.2. The molecular weight excluding hydrogens is 210 g/mol. The molecule has 1 aliphatic rings. The fraction of sp³-hybridized carbons (Fsp3) is 0.786. The topological polar surface area (TPSA) is 29.9 Å². The van der Waals surface area contributed by atoms with E-state index in [1.165, 1.54) is 37.9 Å². The summed E-state index contributed by atoms with van der Waals surface area (Å²) in [6.07, 6.45) is 9.73. The van der Waals surface area contributed by atoms with Crippen molar-refractivity contribution in [1.82, 2.24) is 15.1 Å². The van der Waals surface area contributed by atoms with E-state index in [0.29, 0.717) is 12.1 Å². The van der Waals surface area contributed by atoms with E-state index >= 15 is 0 Å². The molecule has 3 heteroatoms. The average Bonchev–Trinajstić information content (AvgIpc) is 2.65.